The quantitative estimate of drug-likeness (QED) is 0.806. The first kappa shape index (κ1) is 13.3. The first-order valence-corrected chi connectivity index (χ1v) is 6.58. The lowest BCUT2D eigenvalue weighted by molar-refractivity contribution is 0.265. The second kappa shape index (κ2) is 6.18. The fourth-order valence-electron chi connectivity index (χ4n) is 2.39. The summed E-state index contributed by atoms with van der Waals surface area (Å²) in [6.45, 7) is 4.35. The summed E-state index contributed by atoms with van der Waals surface area (Å²) >= 11 is 0. The van der Waals surface area contributed by atoms with Crippen molar-refractivity contribution in [2.45, 2.75) is 12.5 Å². The summed E-state index contributed by atoms with van der Waals surface area (Å²) in [7, 11) is 2.16. The van der Waals surface area contributed by atoms with Crippen molar-refractivity contribution in [1.29, 1.82) is 0 Å². The van der Waals surface area contributed by atoms with Gasteiger partial charge in [0.2, 0.25) is 0 Å². The summed E-state index contributed by atoms with van der Waals surface area (Å²) in [5, 5.41) is 9.09. The number of hydrogen-bond donors (Lipinski definition) is 2. The number of benzene rings is 1. The Morgan fingerprint density at radius 1 is 1.22 bits per heavy atom. The van der Waals surface area contributed by atoms with Crippen LogP contribution in [0.15, 0.2) is 24.3 Å². The van der Waals surface area contributed by atoms with E-state index in [9.17, 15) is 0 Å². The van der Waals surface area contributed by atoms with Crippen molar-refractivity contribution in [3.05, 3.63) is 29.8 Å². The van der Waals surface area contributed by atoms with Crippen LogP contribution >= 0.6 is 0 Å². The Hall–Kier alpha value is -1.10. The van der Waals surface area contributed by atoms with E-state index in [0.29, 0.717) is 0 Å². The maximum absolute atomic E-state index is 9.09. The Labute approximate surface area is 109 Å². The van der Waals surface area contributed by atoms with Crippen LogP contribution in [0, 0.1) is 0 Å². The molecule has 1 aliphatic heterocycles. The molecular weight excluding hydrogens is 226 g/mol. The molecule has 100 valence electrons. The molecule has 0 radical (unpaired) electrons. The highest BCUT2D eigenvalue weighted by Crippen LogP contribution is 2.22. The van der Waals surface area contributed by atoms with Crippen molar-refractivity contribution in [3.8, 4) is 0 Å². The lowest BCUT2D eigenvalue weighted by Gasteiger charge is -2.35. The predicted octanol–water partition coefficient (Wildman–Crippen LogP) is 0.301. The van der Waals surface area contributed by atoms with E-state index in [-0.39, 0.29) is 12.6 Å². The van der Waals surface area contributed by atoms with Crippen molar-refractivity contribution in [3.63, 3.8) is 0 Å². The summed E-state index contributed by atoms with van der Waals surface area (Å²) in [5.74, 6) is 0. The highest BCUT2D eigenvalue weighted by atomic mass is 16.3. The lowest BCUT2D eigenvalue weighted by Crippen LogP contribution is -2.45. The number of para-hydroxylation sites is 1. The van der Waals surface area contributed by atoms with E-state index in [1.54, 1.807) is 0 Å². The molecule has 1 unspecified atom stereocenters. The summed E-state index contributed by atoms with van der Waals surface area (Å²) < 4.78 is 0. The minimum Gasteiger partial charge on any atom is -0.395 e. The van der Waals surface area contributed by atoms with Gasteiger partial charge >= 0.3 is 0 Å². The van der Waals surface area contributed by atoms with Gasteiger partial charge in [-0.05, 0) is 25.1 Å². The minimum absolute atomic E-state index is 0.0388. The van der Waals surface area contributed by atoms with Crippen LogP contribution in [0.4, 0.5) is 5.69 Å². The SMILES string of the molecule is CN1CCN(c2ccccc2CC(N)CO)CC1. The van der Waals surface area contributed by atoms with Crippen molar-refractivity contribution < 1.29 is 5.11 Å². The first-order valence-electron chi connectivity index (χ1n) is 6.58. The molecule has 1 aromatic rings. The van der Waals surface area contributed by atoms with Crippen molar-refractivity contribution >= 4 is 5.69 Å². The molecule has 1 atom stereocenters. The smallest absolute Gasteiger partial charge is 0.0585 e. The largest absolute Gasteiger partial charge is 0.395 e. The number of likely N-dealkylation sites (N-methyl/N-ethyl adjacent to an activating group) is 1. The maximum Gasteiger partial charge on any atom is 0.0585 e. The van der Waals surface area contributed by atoms with Gasteiger partial charge in [-0.15, -0.1) is 0 Å². The van der Waals surface area contributed by atoms with Crippen LogP contribution in [0.2, 0.25) is 0 Å². The van der Waals surface area contributed by atoms with Gasteiger partial charge in [-0.1, -0.05) is 18.2 Å². The third-order valence-corrected chi connectivity index (χ3v) is 3.55. The van der Waals surface area contributed by atoms with Crippen LogP contribution in [0.1, 0.15) is 5.56 Å². The molecule has 1 aromatic carbocycles. The molecular formula is C14H23N3O. The molecule has 0 bridgehead atoms. The second-order valence-electron chi connectivity index (χ2n) is 5.07. The molecule has 4 nitrogen and oxygen atoms in total. The van der Waals surface area contributed by atoms with Gasteiger partial charge in [0.25, 0.3) is 0 Å². The van der Waals surface area contributed by atoms with E-state index >= 15 is 0 Å². The summed E-state index contributed by atoms with van der Waals surface area (Å²) in [4.78, 5) is 4.76. The molecule has 0 amide bonds. The Bertz CT molecular complexity index is 375. The summed E-state index contributed by atoms with van der Waals surface area (Å²) in [5.41, 5.74) is 8.36. The second-order valence-corrected chi connectivity index (χ2v) is 5.07. The molecule has 1 heterocycles. The van der Waals surface area contributed by atoms with E-state index in [2.05, 4.69) is 35.0 Å². The average Bonchev–Trinajstić information content (AvgIpc) is 2.40. The third kappa shape index (κ3) is 3.22. The van der Waals surface area contributed by atoms with Crippen molar-refractivity contribution in [2.24, 2.45) is 5.73 Å². The van der Waals surface area contributed by atoms with Gasteiger partial charge in [0.05, 0.1) is 6.61 Å². The molecule has 0 spiro atoms. The average molecular weight is 249 g/mol. The van der Waals surface area contributed by atoms with Gasteiger partial charge < -0.3 is 20.6 Å². The van der Waals surface area contributed by atoms with E-state index < -0.39 is 0 Å². The predicted molar refractivity (Wildman–Crippen MR) is 74.9 cm³/mol. The molecule has 1 fully saturated rings. The molecule has 0 saturated carbocycles. The Kier molecular flexibility index (Phi) is 4.58. The first-order chi connectivity index (χ1) is 8.70. The van der Waals surface area contributed by atoms with E-state index in [1.165, 1.54) is 11.3 Å². The third-order valence-electron chi connectivity index (χ3n) is 3.55. The fraction of sp³-hybridized carbons (Fsp3) is 0.571. The number of rotatable bonds is 4. The highest BCUT2D eigenvalue weighted by Gasteiger charge is 2.17. The number of anilines is 1. The van der Waals surface area contributed by atoms with Gasteiger partial charge in [0.15, 0.2) is 0 Å². The molecule has 1 aliphatic rings. The molecule has 2 rings (SSSR count). The molecule has 0 aromatic heterocycles. The van der Waals surface area contributed by atoms with Gasteiger partial charge in [-0.25, -0.2) is 0 Å². The van der Waals surface area contributed by atoms with Crippen molar-refractivity contribution in [1.82, 2.24) is 4.90 Å². The van der Waals surface area contributed by atoms with Gasteiger partial charge in [0, 0.05) is 37.9 Å². The zero-order chi connectivity index (χ0) is 13.0. The number of nitrogens with zero attached hydrogens (tertiary/aromatic N) is 2. The van der Waals surface area contributed by atoms with Gasteiger partial charge in [-0.3, -0.25) is 0 Å². The highest BCUT2D eigenvalue weighted by molar-refractivity contribution is 5.54. The zero-order valence-electron chi connectivity index (χ0n) is 11.0. The molecule has 1 saturated heterocycles. The van der Waals surface area contributed by atoms with Crippen LogP contribution in [0.25, 0.3) is 0 Å². The van der Waals surface area contributed by atoms with Crippen molar-refractivity contribution in [2.75, 3.05) is 44.7 Å². The monoisotopic (exact) mass is 249 g/mol. The van der Waals surface area contributed by atoms with Gasteiger partial charge in [-0.2, -0.15) is 0 Å². The fourth-order valence-corrected chi connectivity index (χ4v) is 2.39. The molecule has 0 aliphatic carbocycles. The number of aliphatic hydroxyl groups excluding tert-OH is 1. The standard InChI is InChI=1S/C14H23N3O/c1-16-6-8-17(9-7-16)14-5-3-2-4-12(14)10-13(15)11-18/h2-5,13,18H,6-11,15H2,1H3. The van der Waals surface area contributed by atoms with Crippen LogP contribution in [-0.4, -0.2) is 55.9 Å². The van der Waals surface area contributed by atoms with E-state index in [4.69, 9.17) is 10.8 Å². The topological polar surface area (TPSA) is 52.7 Å². The minimum atomic E-state index is -0.168. The van der Waals surface area contributed by atoms with Crippen LogP contribution in [0.5, 0.6) is 0 Å². The van der Waals surface area contributed by atoms with Gasteiger partial charge in [0.1, 0.15) is 0 Å². The number of piperazine rings is 1. The molecule has 3 N–H and O–H groups in total. The molecule has 4 heteroatoms. The number of nitrogens with two attached hydrogens (primary N) is 1. The maximum atomic E-state index is 9.09. The number of aliphatic hydroxyl groups is 1. The van der Waals surface area contributed by atoms with Crippen LogP contribution in [-0.2, 0) is 6.42 Å². The summed E-state index contributed by atoms with van der Waals surface area (Å²) in [6.07, 6.45) is 0.735. The summed E-state index contributed by atoms with van der Waals surface area (Å²) in [6, 6.07) is 8.22. The molecule has 18 heavy (non-hydrogen) atoms. The Morgan fingerprint density at radius 2 is 1.89 bits per heavy atom. The van der Waals surface area contributed by atoms with E-state index in [0.717, 1.165) is 32.6 Å². The van der Waals surface area contributed by atoms with Crippen LogP contribution < -0.4 is 10.6 Å². The normalized spacial score (nSPS) is 18.9. The van der Waals surface area contributed by atoms with Crippen LogP contribution in [0.3, 0.4) is 0 Å². The Morgan fingerprint density at radius 3 is 2.56 bits per heavy atom. The number of hydrogen-bond acceptors (Lipinski definition) is 4. The zero-order valence-corrected chi connectivity index (χ0v) is 11.0. The Balaban J connectivity index is 2.11. The van der Waals surface area contributed by atoms with E-state index in [1.807, 2.05) is 6.07 Å². The lowest BCUT2D eigenvalue weighted by atomic mass is 10.0.